The second kappa shape index (κ2) is 7.27. The Kier molecular flexibility index (Phi) is 4.69. The van der Waals surface area contributed by atoms with E-state index in [9.17, 15) is 5.11 Å². The van der Waals surface area contributed by atoms with Gasteiger partial charge in [0.15, 0.2) is 6.10 Å². The minimum absolute atomic E-state index is 0.614. The zero-order valence-corrected chi connectivity index (χ0v) is 14.9. The summed E-state index contributed by atoms with van der Waals surface area (Å²) in [6, 6.07) is 12.3. The number of hydrogen-bond donors (Lipinski definition) is 1. The number of aromatic nitrogens is 4. The third kappa shape index (κ3) is 3.47. The molecule has 0 saturated heterocycles. The smallest absolute Gasteiger partial charge is 0.155 e. The number of hydrogen-bond acceptors (Lipinski definition) is 4. The number of nitrogens with zero attached hydrogens (tertiary/aromatic N) is 5. The van der Waals surface area contributed by atoms with Crippen LogP contribution in [0.2, 0.25) is 0 Å². The van der Waals surface area contributed by atoms with E-state index < -0.39 is 6.10 Å². The van der Waals surface area contributed by atoms with Crippen LogP contribution in [0, 0.1) is 0 Å². The third-order valence-corrected chi connectivity index (χ3v) is 4.75. The van der Waals surface area contributed by atoms with E-state index in [4.69, 9.17) is 0 Å². The summed E-state index contributed by atoms with van der Waals surface area (Å²) in [5.41, 5.74) is 3.01. The third-order valence-electron chi connectivity index (χ3n) is 4.75. The van der Waals surface area contributed by atoms with Gasteiger partial charge in [0, 0.05) is 39.1 Å². The van der Waals surface area contributed by atoms with Crippen LogP contribution in [0.25, 0.3) is 6.08 Å². The lowest BCUT2D eigenvalue weighted by molar-refractivity contribution is 0.198. The molecule has 2 aromatic heterocycles. The number of aryl methyl sites for hydroxylation is 1. The number of imidazole rings is 1. The van der Waals surface area contributed by atoms with Crippen molar-refractivity contribution in [1.82, 2.24) is 24.2 Å². The molecule has 0 radical (unpaired) electrons. The monoisotopic (exact) mass is 349 g/mol. The number of fused-ring (bicyclic) bond motifs is 1. The maximum absolute atomic E-state index is 10.6. The molecule has 1 aromatic carbocycles. The molecule has 134 valence electrons. The molecule has 6 nitrogen and oxygen atoms in total. The van der Waals surface area contributed by atoms with Gasteiger partial charge in [-0.3, -0.25) is 9.58 Å². The molecule has 0 unspecified atom stereocenters. The Bertz CT molecular complexity index is 896. The fraction of sp³-hybridized carbons (Fsp3) is 0.300. The van der Waals surface area contributed by atoms with E-state index in [1.807, 2.05) is 46.8 Å². The van der Waals surface area contributed by atoms with Gasteiger partial charge in [-0.1, -0.05) is 42.5 Å². The largest absolute Gasteiger partial charge is 0.379 e. The van der Waals surface area contributed by atoms with Gasteiger partial charge in [0.1, 0.15) is 5.82 Å². The SMILES string of the molecule is Cn1ccnc1[C@@H](O)c1cc2n(n1)CCN(C/C=C/c1ccccc1)C2. The summed E-state index contributed by atoms with van der Waals surface area (Å²) in [5.74, 6) is 0.614. The van der Waals surface area contributed by atoms with Crippen molar-refractivity contribution >= 4 is 6.08 Å². The zero-order valence-electron chi connectivity index (χ0n) is 14.9. The van der Waals surface area contributed by atoms with Crippen molar-refractivity contribution in [2.75, 3.05) is 13.1 Å². The summed E-state index contributed by atoms with van der Waals surface area (Å²) in [7, 11) is 1.88. The maximum Gasteiger partial charge on any atom is 0.155 e. The second-order valence-electron chi connectivity index (χ2n) is 6.63. The van der Waals surface area contributed by atoms with Gasteiger partial charge in [-0.05, 0) is 11.6 Å². The first-order chi connectivity index (χ1) is 12.7. The number of aliphatic hydroxyl groups excluding tert-OH is 1. The molecule has 1 aliphatic rings. The van der Waals surface area contributed by atoms with Crippen LogP contribution in [0.3, 0.4) is 0 Å². The van der Waals surface area contributed by atoms with Crippen LogP contribution in [0.15, 0.2) is 54.9 Å². The molecule has 0 aliphatic carbocycles. The number of benzene rings is 1. The highest BCUT2D eigenvalue weighted by Crippen LogP contribution is 2.22. The lowest BCUT2D eigenvalue weighted by atomic mass is 10.2. The first kappa shape index (κ1) is 16.8. The summed E-state index contributed by atoms with van der Waals surface area (Å²) in [5, 5.41) is 15.1. The van der Waals surface area contributed by atoms with Crippen LogP contribution in [-0.4, -0.2) is 42.4 Å². The molecule has 3 heterocycles. The van der Waals surface area contributed by atoms with E-state index in [0.717, 1.165) is 31.9 Å². The summed E-state index contributed by atoms with van der Waals surface area (Å²) in [4.78, 5) is 6.61. The Morgan fingerprint density at radius 3 is 2.85 bits per heavy atom. The first-order valence-electron chi connectivity index (χ1n) is 8.86. The van der Waals surface area contributed by atoms with Crippen molar-refractivity contribution in [1.29, 1.82) is 0 Å². The highest BCUT2D eigenvalue weighted by molar-refractivity contribution is 5.48. The van der Waals surface area contributed by atoms with Crippen molar-refractivity contribution in [2.45, 2.75) is 19.2 Å². The van der Waals surface area contributed by atoms with Gasteiger partial charge >= 0.3 is 0 Å². The van der Waals surface area contributed by atoms with Gasteiger partial charge in [0.25, 0.3) is 0 Å². The molecule has 3 aromatic rings. The molecule has 0 saturated carbocycles. The number of rotatable bonds is 5. The van der Waals surface area contributed by atoms with E-state index >= 15 is 0 Å². The molecule has 26 heavy (non-hydrogen) atoms. The van der Waals surface area contributed by atoms with Crippen LogP contribution < -0.4 is 0 Å². The molecule has 0 fully saturated rings. The average molecular weight is 349 g/mol. The van der Waals surface area contributed by atoms with Crippen molar-refractivity contribution in [3.63, 3.8) is 0 Å². The first-order valence-corrected chi connectivity index (χ1v) is 8.86. The van der Waals surface area contributed by atoms with E-state index in [-0.39, 0.29) is 0 Å². The van der Waals surface area contributed by atoms with E-state index in [0.29, 0.717) is 11.5 Å². The minimum Gasteiger partial charge on any atom is -0.379 e. The summed E-state index contributed by atoms with van der Waals surface area (Å²) < 4.78 is 3.82. The van der Waals surface area contributed by atoms with Crippen LogP contribution in [0.1, 0.15) is 28.9 Å². The molecule has 6 heteroatoms. The Morgan fingerprint density at radius 2 is 2.08 bits per heavy atom. The van der Waals surface area contributed by atoms with Gasteiger partial charge in [-0.25, -0.2) is 4.98 Å². The molecule has 1 aliphatic heterocycles. The molecule has 0 amide bonds. The fourth-order valence-corrected chi connectivity index (χ4v) is 3.31. The molecular weight excluding hydrogens is 326 g/mol. The average Bonchev–Trinajstić information content (AvgIpc) is 3.28. The summed E-state index contributed by atoms with van der Waals surface area (Å²) in [6.45, 7) is 3.52. The van der Waals surface area contributed by atoms with Gasteiger partial charge < -0.3 is 9.67 Å². The van der Waals surface area contributed by atoms with Crippen LogP contribution in [0.5, 0.6) is 0 Å². The van der Waals surface area contributed by atoms with Gasteiger partial charge in [-0.2, -0.15) is 5.10 Å². The topological polar surface area (TPSA) is 59.1 Å². The maximum atomic E-state index is 10.6. The van der Waals surface area contributed by atoms with Crippen LogP contribution in [0.4, 0.5) is 0 Å². The minimum atomic E-state index is -0.792. The lowest BCUT2D eigenvalue weighted by Gasteiger charge is -2.26. The van der Waals surface area contributed by atoms with Crippen LogP contribution >= 0.6 is 0 Å². The lowest BCUT2D eigenvalue weighted by Crippen LogP contribution is -2.33. The van der Waals surface area contributed by atoms with Crippen molar-refractivity contribution in [3.05, 3.63) is 77.6 Å². The van der Waals surface area contributed by atoms with Crippen molar-refractivity contribution in [2.24, 2.45) is 7.05 Å². The number of aliphatic hydroxyl groups is 1. The van der Waals surface area contributed by atoms with Crippen LogP contribution in [-0.2, 0) is 20.1 Å². The van der Waals surface area contributed by atoms with E-state index in [1.54, 1.807) is 6.20 Å². The van der Waals surface area contributed by atoms with Gasteiger partial charge in [0.05, 0.1) is 17.9 Å². The summed E-state index contributed by atoms with van der Waals surface area (Å²) >= 11 is 0. The Labute approximate surface area is 153 Å². The van der Waals surface area contributed by atoms with Crippen molar-refractivity contribution in [3.8, 4) is 0 Å². The van der Waals surface area contributed by atoms with Gasteiger partial charge in [-0.15, -0.1) is 0 Å². The predicted molar refractivity (Wildman–Crippen MR) is 100 cm³/mol. The molecule has 4 rings (SSSR count). The zero-order chi connectivity index (χ0) is 17.9. The standard InChI is InChI=1S/C20H23N5O/c1-23-11-9-21-20(23)19(26)18-14-17-15-24(12-13-25(17)22-18)10-5-8-16-6-3-2-4-7-16/h2-9,11,14,19,26H,10,12-13,15H2,1H3/b8-5+/t19-/m0/s1. The quantitative estimate of drug-likeness (QED) is 0.767. The molecular formula is C20H23N5O. The highest BCUT2D eigenvalue weighted by Gasteiger charge is 2.23. The molecule has 0 spiro atoms. The fourth-order valence-electron chi connectivity index (χ4n) is 3.31. The van der Waals surface area contributed by atoms with Gasteiger partial charge in [0.2, 0.25) is 0 Å². The Morgan fingerprint density at radius 1 is 1.23 bits per heavy atom. The normalized spacial score (nSPS) is 16.1. The highest BCUT2D eigenvalue weighted by atomic mass is 16.3. The summed E-state index contributed by atoms with van der Waals surface area (Å²) in [6.07, 6.45) is 7.08. The predicted octanol–water partition coefficient (Wildman–Crippen LogP) is 2.23. The molecule has 1 N–H and O–H groups in total. The Balaban J connectivity index is 1.42. The van der Waals surface area contributed by atoms with Crippen molar-refractivity contribution < 1.29 is 5.11 Å². The second-order valence-corrected chi connectivity index (χ2v) is 6.63. The Hall–Kier alpha value is -2.70. The van der Waals surface area contributed by atoms with E-state index in [2.05, 4.69) is 39.3 Å². The van der Waals surface area contributed by atoms with E-state index in [1.165, 1.54) is 5.56 Å². The molecule has 0 bridgehead atoms. The molecule has 1 atom stereocenters.